The molecule has 8 heteroatoms. The number of nitrogens with zero attached hydrogens (tertiary/aromatic N) is 4. The predicted octanol–water partition coefficient (Wildman–Crippen LogP) is 2.51. The third kappa shape index (κ3) is 2.08. The van der Waals surface area contributed by atoms with Crippen molar-refractivity contribution in [3.8, 4) is 0 Å². The highest BCUT2D eigenvalue weighted by Crippen LogP contribution is 2.21. The minimum absolute atomic E-state index is 0.116. The highest BCUT2D eigenvalue weighted by molar-refractivity contribution is 5.75. The molecule has 0 radical (unpaired) electrons. The first-order valence-electron chi connectivity index (χ1n) is 7.25. The van der Waals surface area contributed by atoms with Crippen LogP contribution in [-0.4, -0.2) is 18.9 Å². The molecule has 1 aromatic carbocycles. The van der Waals surface area contributed by atoms with Crippen LogP contribution in [0.1, 0.15) is 11.4 Å². The van der Waals surface area contributed by atoms with Gasteiger partial charge in [0.25, 0.3) is 5.69 Å². The van der Waals surface area contributed by atoms with Crippen LogP contribution in [0.2, 0.25) is 0 Å². The van der Waals surface area contributed by atoms with Crippen LogP contribution in [0.15, 0.2) is 51.8 Å². The maximum atomic E-state index is 12.2. The van der Waals surface area contributed by atoms with Crippen molar-refractivity contribution in [2.24, 2.45) is 0 Å². The molecule has 0 atom stereocenters. The number of aryl methyl sites for hydroxylation is 1. The molecule has 3 aromatic heterocycles. The van der Waals surface area contributed by atoms with Gasteiger partial charge in [-0.15, -0.1) is 0 Å². The monoisotopic (exact) mass is 324 g/mol. The van der Waals surface area contributed by atoms with Crippen molar-refractivity contribution in [2.75, 3.05) is 0 Å². The largest absolute Gasteiger partial charge is 0.420 e. The van der Waals surface area contributed by atoms with Gasteiger partial charge >= 0.3 is 5.76 Å². The Morgan fingerprint density at radius 1 is 1.29 bits per heavy atom. The summed E-state index contributed by atoms with van der Waals surface area (Å²) in [5, 5.41) is 10.9. The molecule has 0 aliphatic carbocycles. The van der Waals surface area contributed by atoms with Gasteiger partial charge in [-0.25, -0.2) is 9.78 Å². The number of oxazole rings is 1. The first-order chi connectivity index (χ1) is 11.5. The number of nitro groups is 1. The van der Waals surface area contributed by atoms with Crippen molar-refractivity contribution in [1.82, 2.24) is 14.0 Å². The molecule has 0 bridgehead atoms. The number of imidazole rings is 1. The molecule has 0 amide bonds. The van der Waals surface area contributed by atoms with E-state index in [-0.39, 0.29) is 17.8 Å². The molecule has 4 rings (SSSR count). The molecule has 0 fully saturated rings. The second-order valence-corrected chi connectivity index (χ2v) is 5.44. The standard InChI is InChI=1S/C16H12N4O4/c1-10-13(18-7-3-2-4-15(18)17-10)9-19-12-6-5-11(20(22)23)8-14(12)24-16(19)21/h2-8H,9H2,1H3. The SMILES string of the molecule is Cc1nc2ccccn2c1Cn1c(=O)oc2cc([N+](=O)[O-])ccc21. The maximum absolute atomic E-state index is 12.2. The zero-order chi connectivity index (χ0) is 16.8. The highest BCUT2D eigenvalue weighted by atomic mass is 16.6. The smallest absolute Gasteiger partial charge is 0.407 e. The van der Waals surface area contributed by atoms with Crippen molar-refractivity contribution >= 4 is 22.4 Å². The molecule has 0 saturated heterocycles. The lowest BCUT2D eigenvalue weighted by atomic mass is 10.2. The predicted molar refractivity (Wildman–Crippen MR) is 86.2 cm³/mol. The summed E-state index contributed by atoms with van der Waals surface area (Å²) in [7, 11) is 0. The quantitative estimate of drug-likeness (QED) is 0.426. The molecule has 0 aliphatic rings. The van der Waals surface area contributed by atoms with Crippen LogP contribution in [0.5, 0.6) is 0 Å². The average Bonchev–Trinajstić information content (AvgIpc) is 3.04. The second-order valence-electron chi connectivity index (χ2n) is 5.44. The Morgan fingerprint density at radius 2 is 2.12 bits per heavy atom. The Kier molecular flexibility index (Phi) is 2.99. The summed E-state index contributed by atoms with van der Waals surface area (Å²) in [6.07, 6.45) is 1.88. The van der Waals surface area contributed by atoms with Gasteiger partial charge in [-0.2, -0.15) is 0 Å². The van der Waals surface area contributed by atoms with Gasteiger partial charge in [0.15, 0.2) is 5.58 Å². The second kappa shape index (κ2) is 5.05. The fraction of sp³-hybridized carbons (Fsp3) is 0.125. The van der Waals surface area contributed by atoms with E-state index in [2.05, 4.69) is 4.98 Å². The number of nitro benzene ring substituents is 1. The number of rotatable bonds is 3. The molecule has 0 aliphatic heterocycles. The van der Waals surface area contributed by atoms with E-state index in [9.17, 15) is 14.9 Å². The summed E-state index contributed by atoms with van der Waals surface area (Å²) < 4.78 is 8.52. The summed E-state index contributed by atoms with van der Waals surface area (Å²) in [6.45, 7) is 2.14. The molecular formula is C16H12N4O4. The van der Waals surface area contributed by atoms with Crippen LogP contribution >= 0.6 is 0 Å². The van der Waals surface area contributed by atoms with E-state index < -0.39 is 10.7 Å². The molecule has 0 saturated carbocycles. The van der Waals surface area contributed by atoms with Gasteiger partial charge in [0.1, 0.15) is 5.65 Å². The minimum Gasteiger partial charge on any atom is -0.407 e. The number of aromatic nitrogens is 3. The maximum Gasteiger partial charge on any atom is 0.420 e. The lowest BCUT2D eigenvalue weighted by molar-refractivity contribution is -0.384. The van der Waals surface area contributed by atoms with Gasteiger partial charge in [0, 0.05) is 12.3 Å². The lowest BCUT2D eigenvalue weighted by Crippen LogP contribution is -2.16. The van der Waals surface area contributed by atoms with Gasteiger partial charge in [-0.1, -0.05) is 6.07 Å². The van der Waals surface area contributed by atoms with E-state index >= 15 is 0 Å². The normalized spacial score (nSPS) is 11.4. The Balaban J connectivity index is 1.87. The summed E-state index contributed by atoms with van der Waals surface area (Å²) in [6, 6.07) is 9.80. The molecule has 120 valence electrons. The first-order valence-corrected chi connectivity index (χ1v) is 7.25. The third-order valence-electron chi connectivity index (χ3n) is 4.00. The molecule has 0 unspecified atom stereocenters. The summed E-state index contributed by atoms with van der Waals surface area (Å²) in [4.78, 5) is 27.0. The van der Waals surface area contributed by atoms with Crippen LogP contribution in [0, 0.1) is 17.0 Å². The van der Waals surface area contributed by atoms with Gasteiger partial charge in [0.05, 0.1) is 34.4 Å². The van der Waals surface area contributed by atoms with Gasteiger partial charge in [-0.3, -0.25) is 14.7 Å². The molecule has 0 N–H and O–H groups in total. The number of hydrogen-bond acceptors (Lipinski definition) is 5. The number of benzene rings is 1. The topological polar surface area (TPSA) is 95.6 Å². The zero-order valence-electron chi connectivity index (χ0n) is 12.7. The Morgan fingerprint density at radius 3 is 2.92 bits per heavy atom. The van der Waals surface area contributed by atoms with Crippen molar-refractivity contribution in [3.05, 3.63) is 74.6 Å². The van der Waals surface area contributed by atoms with E-state index in [1.165, 1.54) is 22.8 Å². The fourth-order valence-corrected chi connectivity index (χ4v) is 2.82. The van der Waals surface area contributed by atoms with Crippen molar-refractivity contribution < 1.29 is 9.34 Å². The van der Waals surface area contributed by atoms with E-state index in [0.29, 0.717) is 5.52 Å². The number of fused-ring (bicyclic) bond motifs is 2. The van der Waals surface area contributed by atoms with Crippen molar-refractivity contribution in [1.29, 1.82) is 0 Å². The van der Waals surface area contributed by atoms with Gasteiger partial charge < -0.3 is 8.82 Å². The van der Waals surface area contributed by atoms with Crippen molar-refractivity contribution in [3.63, 3.8) is 0 Å². The lowest BCUT2D eigenvalue weighted by Gasteiger charge is -2.04. The molecular weight excluding hydrogens is 312 g/mol. The van der Waals surface area contributed by atoms with Crippen LogP contribution in [-0.2, 0) is 6.54 Å². The van der Waals surface area contributed by atoms with Gasteiger partial charge in [-0.05, 0) is 25.1 Å². The van der Waals surface area contributed by atoms with Gasteiger partial charge in [0.2, 0.25) is 0 Å². The molecule has 24 heavy (non-hydrogen) atoms. The van der Waals surface area contributed by atoms with Crippen LogP contribution in [0.4, 0.5) is 5.69 Å². The number of hydrogen-bond donors (Lipinski definition) is 0. The highest BCUT2D eigenvalue weighted by Gasteiger charge is 2.17. The average molecular weight is 324 g/mol. The van der Waals surface area contributed by atoms with Crippen LogP contribution < -0.4 is 5.76 Å². The third-order valence-corrected chi connectivity index (χ3v) is 4.00. The Labute approximate surface area is 134 Å². The van der Waals surface area contributed by atoms with E-state index in [1.54, 1.807) is 0 Å². The molecule has 3 heterocycles. The number of non-ortho nitro benzene ring substituents is 1. The minimum atomic E-state index is -0.559. The molecule has 4 aromatic rings. The Hall–Kier alpha value is -3.42. The summed E-state index contributed by atoms with van der Waals surface area (Å²) >= 11 is 0. The zero-order valence-corrected chi connectivity index (χ0v) is 12.7. The summed E-state index contributed by atoms with van der Waals surface area (Å²) in [5.41, 5.74) is 3.05. The number of pyridine rings is 1. The van der Waals surface area contributed by atoms with Crippen molar-refractivity contribution in [2.45, 2.75) is 13.5 Å². The summed E-state index contributed by atoms with van der Waals surface area (Å²) in [5.74, 6) is -0.559. The molecule has 8 nitrogen and oxygen atoms in total. The van der Waals surface area contributed by atoms with Crippen LogP contribution in [0.3, 0.4) is 0 Å². The fourth-order valence-electron chi connectivity index (χ4n) is 2.82. The Bertz CT molecular complexity index is 1150. The van der Waals surface area contributed by atoms with E-state index in [0.717, 1.165) is 17.0 Å². The van der Waals surface area contributed by atoms with Crippen LogP contribution in [0.25, 0.3) is 16.7 Å². The molecule has 0 spiro atoms. The van der Waals surface area contributed by atoms with E-state index in [1.807, 2.05) is 35.7 Å². The van der Waals surface area contributed by atoms with E-state index in [4.69, 9.17) is 4.42 Å². The first kappa shape index (κ1) is 14.2.